The number of esters is 1. The number of hydrogen-bond donors (Lipinski definition) is 2. The SMILES string of the molecule is CC(C)OC(=O)[C@H](CCC(=O)C=N)NC(=O)[C@@H](OC1CC1)C1CCCCC1. The maximum absolute atomic E-state index is 12.9. The molecule has 0 aromatic heterocycles. The van der Waals surface area contributed by atoms with Gasteiger partial charge in [0.1, 0.15) is 12.1 Å². The molecule has 2 N–H and O–H groups in total. The summed E-state index contributed by atoms with van der Waals surface area (Å²) in [6.45, 7) is 3.47. The molecule has 2 aliphatic carbocycles. The number of amides is 1. The summed E-state index contributed by atoms with van der Waals surface area (Å²) in [7, 11) is 0. The van der Waals surface area contributed by atoms with Crippen LogP contribution < -0.4 is 5.32 Å². The van der Waals surface area contributed by atoms with Gasteiger partial charge in [-0.3, -0.25) is 9.59 Å². The van der Waals surface area contributed by atoms with Crippen molar-refractivity contribution in [3.63, 3.8) is 0 Å². The Balaban J connectivity index is 2.03. The van der Waals surface area contributed by atoms with Crippen LogP contribution in [0.4, 0.5) is 0 Å². The first-order chi connectivity index (χ1) is 12.9. The first-order valence-electron chi connectivity index (χ1n) is 10.1. The van der Waals surface area contributed by atoms with E-state index in [9.17, 15) is 14.4 Å². The van der Waals surface area contributed by atoms with Crippen molar-refractivity contribution in [2.75, 3.05) is 0 Å². The van der Waals surface area contributed by atoms with Gasteiger partial charge in [-0.05, 0) is 51.9 Å². The second kappa shape index (κ2) is 10.5. The van der Waals surface area contributed by atoms with Gasteiger partial charge in [-0.25, -0.2) is 4.79 Å². The molecule has 2 atom stereocenters. The minimum Gasteiger partial charge on any atom is -0.461 e. The Hall–Kier alpha value is -1.76. The van der Waals surface area contributed by atoms with E-state index in [0.717, 1.165) is 44.7 Å². The summed E-state index contributed by atoms with van der Waals surface area (Å²) >= 11 is 0. The molecule has 0 unspecified atom stereocenters. The molecule has 0 heterocycles. The zero-order valence-corrected chi connectivity index (χ0v) is 16.4. The van der Waals surface area contributed by atoms with Crippen molar-refractivity contribution in [2.45, 2.75) is 96.0 Å². The van der Waals surface area contributed by atoms with E-state index in [0.29, 0.717) is 0 Å². The largest absolute Gasteiger partial charge is 0.461 e. The highest BCUT2D eigenvalue weighted by Gasteiger charge is 2.37. The van der Waals surface area contributed by atoms with E-state index in [1.807, 2.05) is 0 Å². The van der Waals surface area contributed by atoms with Crippen molar-refractivity contribution in [3.05, 3.63) is 0 Å². The highest BCUT2D eigenvalue weighted by molar-refractivity contribution is 6.26. The number of hydrogen-bond acceptors (Lipinski definition) is 6. The Kier molecular flexibility index (Phi) is 8.41. The third-order valence-corrected chi connectivity index (χ3v) is 4.99. The molecule has 0 aliphatic heterocycles. The highest BCUT2D eigenvalue weighted by atomic mass is 16.5. The monoisotopic (exact) mass is 380 g/mol. The Morgan fingerprint density at radius 2 is 1.78 bits per heavy atom. The van der Waals surface area contributed by atoms with E-state index in [-0.39, 0.29) is 42.7 Å². The Bertz CT molecular complexity index is 538. The smallest absolute Gasteiger partial charge is 0.328 e. The molecule has 152 valence electrons. The summed E-state index contributed by atoms with van der Waals surface area (Å²) < 4.78 is 11.2. The number of ether oxygens (including phenoxy) is 2. The van der Waals surface area contributed by atoms with Gasteiger partial charge in [0.2, 0.25) is 5.91 Å². The van der Waals surface area contributed by atoms with E-state index >= 15 is 0 Å². The Morgan fingerprint density at radius 3 is 2.33 bits per heavy atom. The molecule has 0 saturated heterocycles. The van der Waals surface area contributed by atoms with Gasteiger partial charge in [0.05, 0.1) is 18.4 Å². The second-order valence-corrected chi connectivity index (χ2v) is 7.85. The van der Waals surface area contributed by atoms with E-state index in [2.05, 4.69) is 5.32 Å². The minimum atomic E-state index is -0.905. The molecule has 27 heavy (non-hydrogen) atoms. The number of ketones is 1. The van der Waals surface area contributed by atoms with Crippen LogP contribution in [0.3, 0.4) is 0 Å². The van der Waals surface area contributed by atoms with Crippen LogP contribution in [0.1, 0.15) is 71.6 Å². The lowest BCUT2D eigenvalue weighted by Gasteiger charge is -2.30. The van der Waals surface area contributed by atoms with Crippen LogP contribution in [0, 0.1) is 11.3 Å². The quantitative estimate of drug-likeness (QED) is 0.423. The molecule has 2 aliphatic rings. The summed E-state index contributed by atoms with van der Waals surface area (Å²) in [4.78, 5) is 36.8. The summed E-state index contributed by atoms with van der Waals surface area (Å²) in [5.41, 5.74) is 0. The number of carbonyl (C=O) groups excluding carboxylic acids is 3. The lowest BCUT2D eigenvalue weighted by Crippen LogP contribution is -2.50. The van der Waals surface area contributed by atoms with Crippen LogP contribution in [0.5, 0.6) is 0 Å². The van der Waals surface area contributed by atoms with Crippen LogP contribution in [0.2, 0.25) is 0 Å². The maximum Gasteiger partial charge on any atom is 0.328 e. The Morgan fingerprint density at radius 1 is 1.11 bits per heavy atom. The topological polar surface area (TPSA) is 106 Å². The van der Waals surface area contributed by atoms with E-state index in [4.69, 9.17) is 14.9 Å². The second-order valence-electron chi connectivity index (χ2n) is 7.85. The summed E-state index contributed by atoms with van der Waals surface area (Å²) in [5.74, 6) is -1.05. The number of carbonyl (C=O) groups is 3. The van der Waals surface area contributed by atoms with Crippen molar-refractivity contribution >= 4 is 23.9 Å². The number of rotatable bonds is 11. The fourth-order valence-electron chi connectivity index (χ4n) is 3.41. The van der Waals surface area contributed by atoms with Gasteiger partial charge in [-0.15, -0.1) is 0 Å². The predicted octanol–water partition coefficient (Wildman–Crippen LogP) is 2.55. The molecule has 0 aromatic carbocycles. The lowest BCUT2D eigenvalue weighted by atomic mass is 9.84. The summed E-state index contributed by atoms with van der Waals surface area (Å²) in [5, 5.41) is 9.77. The summed E-state index contributed by atoms with van der Waals surface area (Å²) in [6.07, 6.45) is 7.37. The van der Waals surface area contributed by atoms with Crippen LogP contribution in [0.15, 0.2) is 0 Å². The molecule has 7 nitrogen and oxygen atoms in total. The average Bonchev–Trinajstić information content (AvgIpc) is 3.46. The maximum atomic E-state index is 12.9. The third-order valence-electron chi connectivity index (χ3n) is 4.99. The normalized spacial score (nSPS) is 20.0. The molecular weight excluding hydrogens is 348 g/mol. The molecule has 1 amide bonds. The third kappa shape index (κ3) is 7.40. The molecule has 0 aromatic rings. The molecule has 0 bridgehead atoms. The van der Waals surface area contributed by atoms with E-state index in [1.54, 1.807) is 13.8 Å². The van der Waals surface area contributed by atoms with Gasteiger partial charge in [0.15, 0.2) is 5.78 Å². The molecule has 0 radical (unpaired) electrons. The average molecular weight is 380 g/mol. The van der Waals surface area contributed by atoms with Crippen molar-refractivity contribution in [2.24, 2.45) is 5.92 Å². The molecule has 7 heteroatoms. The molecule has 2 saturated carbocycles. The van der Waals surface area contributed by atoms with Gasteiger partial charge < -0.3 is 20.2 Å². The summed E-state index contributed by atoms with van der Waals surface area (Å²) in [6, 6.07) is -0.905. The van der Waals surface area contributed by atoms with Gasteiger partial charge in [0.25, 0.3) is 0 Å². The van der Waals surface area contributed by atoms with E-state index < -0.39 is 18.1 Å². The minimum absolute atomic E-state index is 0.0131. The number of nitrogens with one attached hydrogen (secondary N) is 2. The van der Waals surface area contributed by atoms with E-state index in [1.165, 1.54) is 6.42 Å². The van der Waals surface area contributed by atoms with Gasteiger partial charge in [-0.2, -0.15) is 0 Å². The van der Waals surface area contributed by atoms with Gasteiger partial charge >= 0.3 is 5.97 Å². The Labute approximate surface area is 161 Å². The van der Waals surface area contributed by atoms with Crippen LogP contribution in [-0.2, 0) is 23.9 Å². The first-order valence-corrected chi connectivity index (χ1v) is 10.1. The molecule has 2 fully saturated rings. The zero-order chi connectivity index (χ0) is 19.8. The van der Waals surface area contributed by atoms with Crippen LogP contribution >= 0.6 is 0 Å². The standard InChI is InChI=1S/C20H32N2O5/c1-13(2)26-20(25)17(11-8-15(23)12-21)22-19(24)18(27-16-9-10-16)14-6-4-3-5-7-14/h12-14,16-18,21H,3-11H2,1-2H3,(H,22,24)/t17-,18-/m0/s1. The van der Waals surface area contributed by atoms with Crippen molar-refractivity contribution in [1.29, 1.82) is 5.41 Å². The first kappa shape index (κ1) is 21.5. The van der Waals surface area contributed by atoms with Crippen molar-refractivity contribution in [3.8, 4) is 0 Å². The molecular formula is C20H32N2O5. The van der Waals surface area contributed by atoms with Crippen molar-refractivity contribution in [1.82, 2.24) is 5.32 Å². The molecule has 2 rings (SSSR count). The number of Topliss-reactive ketones (excluding diaryl/α,β-unsaturated/α-hetero) is 1. The van der Waals surface area contributed by atoms with Crippen molar-refractivity contribution < 1.29 is 23.9 Å². The molecule has 0 spiro atoms. The van der Waals surface area contributed by atoms with Crippen LogP contribution in [0.25, 0.3) is 0 Å². The van der Waals surface area contributed by atoms with Gasteiger partial charge in [-0.1, -0.05) is 19.3 Å². The van der Waals surface area contributed by atoms with Gasteiger partial charge in [0, 0.05) is 6.42 Å². The zero-order valence-electron chi connectivity index (χ0n) is 16.4. The fourth-order valence-corrected chi connectivity index (χ4v) is 3.41. The lowest BCUT2D eigenvalue weighted by molar-refractivity contribution is -0.154. The fraction of sp³-hybridized carbons (Fsp3) is 0.800. The highest BCUT2D eigenvalue weighted by Crippen LogP contribution is 2.33. The van der Waals surface area contributed by atoms with Crippen LogP contribution in [-0.4, -0.2) is 48.2 Å². The predicted molar refractivity (Wildman–Crippen MR) is 101 cm³/mol.